The molecule has 0 amide bonds. The fourth-order valence-electron chi connectivity index (χ4n) is 1.95. The molecule has 0 aliphatic heterocycles. The lowest BCUT2D eigenvalue weighted by Crippen LogP contribution is -2.37. The highest BCUT2D eigenvalue weighted by molar-refractivity contribution is 7.98. The highest BCUT2D eigenvalue weighted by Crippen LogP contribution is 2.21. The highest BCUT2D eigenvalue weighted by atomic mass is 32.2. The van der Waals surface area contributed by atoms with Gasteiger partial charge >= 0.3 is 0 Å². The lowest BCUT2D eigenvalue weighted by atomic mass is 10.2. The van der Waals surface area contributed by atoms with E-state index in [4.69, 9.17) is 4.74 Å². The molecule has 0 saturated heterocycles. The molecule has 0 aromatic heterocycles. The molecule has 1 aliphatic rings. The largest absolute Gasteiger partial charge is 0.380 e. The maximum Gasteiger partial charge on any atom is 0.0724 e. The van der Waals surface area contributed by atoms with E-state index in [0.717, 1.165) is 6.54 Å². The van der Waals surface area contributed by atoms with E-state index in [1.54, 1.807) is 0 Å². The van der Waals surface area contributed by atoms with Crippen molar-refractivity contribution in [2.75, 3.05) is 25.7 Å². The van der Waals surface area contributed by atoms with Crippen LogP contribution < -0.4 is 5.32 Å². The second kappa shape index (κ2) is 6.68. The van der Waals surface area contributed by atoms with E-state index in [2.05, 4.69) is 11.6 Å². The van der Waals surface area contributed by atoms with E-state index in [-0.39, 0.29) is 0 Å². The lowest BCUT2D eigenvalue weighted by Gasteiger charge is -2.19. The van der Waals surface area contributed by atoms with Crippen LogP contribution in [0.25, 0.3) is 0 Å². The van der Waals surface area contributed by atoms with Gasteiger partial charge in [0.1, 0.15) is 0 Å². The van der Waals surface area contributed by atoms with E-state index in [1.807, 2.05) is 18.9 Å². The minimum atomic E-state index is 0.467. The standard InChI is InChI=1S/C10H21NOS/c1-12-10-6-3-5-9(10)11-7-4-8-13-2/h9-11H,3-8H2,1-2H3. The van der Waals surface area contributed by atoms with Crippen LogP contribution in [0.4, 0.5) is 0 Å². The third-order valence-electron chi connectivity index (χ3n) is 2.69. The summed E-state index contributed by atoms with van der Waals surface area (Å²) in [5, 5.41) is 3.58. The molecular formula is C10H21NOS. The van der Waals surface area contributed by atoms with Crippen LogP contribution in [0.2, 0.25) is 0 Å². The molecule has 1 saturated carbocycles. The molecule has 2 nitrogen and oxygen atoms in total. The summed E-state index contributed by atoms with van der Waals surface area (Å²) < 4.78 is 5.41. The minimum Gasteiger partial charge on any atom is -0.380 e. The Labute approximate surface area is 85.8 Å². The zero-order valence-corrected chi connectivity index (χ0v) is 9.53. The molecule has 0 aromatic rings. The Hall–Kier alpha value is 0.270. The first-order valence-corrected chi connectivity index (χ1v) is 6.53. The summed E-state index contributed by atoms with van der Waals surface area (Å²) in [7, 11) is 1.83. The predicted octanol–water partition coefficient (Wildman–Crippen LogP) is 1.90. The van der Waals surface area contributed by atoms with E-state index in [9.17, 15) is 0 Å². The molecular weight excluding hydrogens is 182 g/mol. The molecule has 1 N–H and O–H groups in total. The van der Waals surface area contributed by atoms with E-state index < -0.39 is 0 Å². The molecule has 0 heterocycles. The first kappa shape index (κ1) is 11.3. The molecule has 2 atom stereocenters. The number of methoxy groups -OCH3 is 1. The minimum absolute atomic E-state index is 0.467. The van der Waals surface area contributed by atoms with Crippen LogP contribution in [-0.2, 0) is 4.74 Å². The second-order valence-electron chi connectivity index (χ2n) is 3.61. The van der Waals surface area contributed by atoms with E-state index >= 15 is 0 Å². The third kappa shape index (κ3) is 3.88. The van der Waals surface area contributed by atoms with Gasteiger partial charge in [-0.3, -0.25) is 0 Å². The van der Waals surface area contributed by atoms with Crippen molar-refractivity contribution in [3.05, 3.63) is 0 Å². The number of thioether (sulfide) groups is 1. The summed E-state index contributed by atoms with van der Waals surface area (Å²) >= 11 is 1.92. The fourth-order valence-corrected chi connectivity index (χ4v) is 2.38. The van der Waals surface area contributed by atoms with Crippen molar-refractivity contribution in [3.8, 4) is 0 Å². The molecule has 1 aliphatic carbocycles. The first-order valence-electron chi connectivity index (χ1n) is 5.13. The van der Waals surface area contributed by atoms with Crippen molar-refractivity contribution in [1.29, 1.82) is 0 Å². The van der Waals surface area contributed by atoms with Crippen LogP contribution in [0.3, 0.4) is 0 Å². The van der Waals surface area contributed by atoms with Crippen LogP contribution in [0.5, 0.6) is 0 Å². The molecule has 2 unspecified atom stereocenters. The van der Waals surface area contributed by atoms with Crippen molar-refractivity contribution in [2.45, 2.75) is 37.8 Å². The molecule has 0 aromatic carbocycles. The Bertz CT molecular complexity index is 132. The maximum atomic E-state index is 5.41. The topological polar surface area (TPSA) is 21.3 Å². The summed E-state index contributed by atoms with van der Waals surface area (Å²) in [5.41, 5.74) is 0. The number of hydrogen-bond acceptors (Lipinski definition) is 3. The van der Waals surface area contributed by atoms with Gasteiger partial charge in [0.2, 0.25) is 0 Å². The van der Waals surface area contributed by atoms with Gasteiger partial charge in [-0.05, 0) is 44.2 Å². The number of rotatable bonds is 6. The zero-order chi connectivity index (χ0) is 9.52. The quantitative estimate of drug-likeness (QED) is 0.666. The maximum absolute atomic E-state index is 5.41. The number of ether oxygens (including phenoxy) is 1. The van der Waals surface area contributed by atoms with Gasteiger partial charge in [-0.1, -0.05) is 0 Å². The summed E-state index contributed by atoms with van der Waals surface area (Å²) in [6.45, 7) is 1.14. The van der Waals surface area contributed by atoms with Gasteiger partial charge in [-0.2, -0.15) is 11.8 Å². The highest BCUT2D eigenvalue weighted by Gasteiger charge is 2.25. The summed E-state index contributed by atoms with van der Waals surface area (Å²) in [4.78, 5) is 0. The van der Waals surface area contributed by atoms with Crippen molar-refractivity contribution in [3.63, 3.8) is 0 Å². The van der Waals surface area contributed by atoms with Crippen LogP contribution in [0, 0.1) is 0 Å². The molecule has 0 bridgehead atoms. The van der Waals surface area contributed by atoms with Crippen LogP contribution >= 0.6 is 11.8 Å². The zero-order valence-electron chi connectivity index (χ0n) is 8.71. The second-order valence-corrected chi connectivity index (χ2v) is 4.60. The van der Waals surface area contributed by atoms with Gasteiger partial charge < -0.3 is 10.1 Å². The Morgan fingerprint density at radius 2 is 2.31 bits per heavy atom. The van der Waals surface area contributed by atoms with Crippen molar-refractivity contribution in [1.82, 2.24) is 5.32 Å². The first-order chi connectivity index (χ1) is 6.38. The lowest BCUT2D eigenvalue weighted by molar-refractivity contribution is 0.0854. The third-order valence-corrected chi connectivity index (χ3v) is 3.38. The molecule has 1 rings (SSSR count). The van der Waals surface area contributed by atoms with E-state index in [1.165, 1.54) is 31.4 Å². The predicted molar refractivity (Wildman–Crippen MR) is 59.4 cm³/mol. The van der Waals surface area contributed by atoms with Crippen LogP contribution in [-0.4, -0.2) is 37.8 Å². The van der Waals surface area contributed by atoms with Gasteiger partial charge in [0.05, 0.1) is 6.10 Å². The Morgan fingerprint density at radius 3 is 3.00 bits per heavy atom. The van der Waals surface area contributed by atoms with Gasteiger partial charge in [0, 0.05) is 13.2 Å². The normalized spacial score (nSPS) is 28.2. The molecule has 1 fully saturated rings. The summed E-state index contributed by atoms with van der Waals surface area (Å²) in [6.07, 6.45) is 7.74. The van der Waals surface area contributed by atoms with Crippen molar-refractivity contribution < 1.29 is 4.74 Å². The van der Waals surface area contributed by atoms with Gasteiger partial charge in [-0.15, -0.1) is 0 Å². The van der Waals surface area contributed by atoms with Gasteiger partial charge in [0.25, 0.3) is 0 Å². The SMILES string of the molecule is COC1CCCC1NCCCSC. The molecule has 3 heteroatoms. The summed E-state index contributed by atoms with van der Waals surface area (Å²) in [5.74, 6) is 1.26. The number of nitrogens with one attached hydrogen (secondary N) is 1. The average Bonchev–Trinajstić information content (AvgIpc) is 2.60. The van der Waals surface area contributed by atoms with E-state index in [0.29, 0.717) is 12.1 Å². The molecule has 13 heavy (non-hydrogen) atoms. The monoisotopic (exact) mass is 203 g/mol. The Balaban J connectivity index is 2.06. The van der Waals surface area contributed by atoms with Crippen LogP contribution in [0.1, 0.15) is 25.7 Å². The number of hydrogen-bond donors (Lipinski definition) is 1. The summed E-state index contributed by atoms with van der Waals surface area (Å²) in [6, 6.07) is 0.617. The fraction of sp³-hybridized carbons (Fsp3) is 1.00. The van der Waals surface area contributed by atoms with Crippen LogP contribution in [0.15, 0.2) is 0 Å². The van der Waals surface area contributed by atoms with Gasteiger partial charge in [-0.25, -0.2) is 0 Å². The molecule has 0 spiro atoms. The van der Waals surface area contributed by atoms with Crippen molar-refractivity contribution in [2.24, 2.45) is 0 Å². The van der Waals surface area contributed by atoms with Crippen molar-refractivity contribution >= 4 is 11.8 Å². The smallest absolute Gasteiger partial charge is 0.0724 e. The molecule has 0 radical (unpaired) electrons. The van der Waals surface area contributed by atoms with Gasteiger partial charge in [0.15, 0.2) is 0 Å². The Kier molecular flexibility index (Phi) is 5.83. The average molecular weight is 203 g/mol. The molecule has 78 valence electrons. The Morgan fingerprint density at radius 1 is 1.46 bits per heavy atom.